The molecule has 0 saturated carbocycles. The van der Waals surface area contributed by atoms with Gasteiger partial charge in [-0.2, -0.15) is 5.10 Å². The van der Waals surface area contributed by atoms with Crippen molar-refractivity contribution < 1.29 is 14.8 Å². The van der Waals surface area contributed by atoms with Crippen LogP contribution in [0.4, 0.5) is 5.69 Å². The van der Waals surface area contributed by atoms with Gasteiger partial charge >= 0.3 is 5.69 Å². The predicted octanol–water partition coefficient (Wildman–Crippen LogP) is -1.12. The molecule has 110 valence electrons. The molecule has 0 spiro atoms. The summed E-state index contributed by atoms with van der Waals surface area (Å²) in [5, 5.41) is 29.6. The van der Waals surface area contributed by atoms with E-state index in [1.165, 1.54) is 10.9 Å². The molecule has 1 saturated heterocycles. The lowest BCUT2D eigenvalue weighted by Crippen LogP contribution is -2.34. The Hall–Kier alpha value is -2.00. The predicted molar refractivity (Wildman–Crippen MR) is 68.9 cm³/mol. The van der Waals surface area contributed by atoms with Crippen LogP contribution in [-0.4, -0.2) is 51.5 Å². The fourth-order valence-corrected chi connectivity index (χ4v) is 2.05. The Kier molecular flexibility index (Phi) is 4.64. The number of hydrogen-bond acceptors (Lipinski definition) is 6. The molecule has 1 aromatic rings. The minimum Gasteiger partial charge on any atom is -0.391 e. The number of carbonyl (C=O) groups is 1. The zero-order valence-corrected chi connectivity index (χ0v) is 10.9. The van der Waals surface area contributed by atoms with Gasteiger partial charge in [0.1, 0.15) is 12.4 Å². The first-order valence-electron chi connectivity index (χ1n) is 6.38. The van der Waals surface area contributed by atoms with Crippen LogP contribution in [0, 0.1) is 16.0 Å². The van der Waals surface area contributed by atoms with Gasteiger partial charge in [0.2, 0.25) is 5.91 Å². The molecular weight excluding hydrogens is 266 g/mol. The van der Waals surface area contributed by atoms with Gasteiger partial charge < -0.3 is 15.7 Å². The van der Waals surface area contributed by atoms with Crippen LogP contribution in [0.15, 0.2) is 12.4 Å². The van der Waals surface area contributed by atoms with Gasteiger partial charge in [-0.25, -0.2) is 0 Å². The van der Waals surface area contributed by atoms with E-state index in [4.69, 9.17) is 0 Å². The number of carbonyl (C=O) groups excluding carboxylic acids is 1. The molecule has 9 heteroatoms. The first kappa shape index (κ1) is 14.4. The molecule has 1 aliphatic rings. The zero-order valence-electron chi connectivity index (χ0n) is 10.9. The number of nitrogens with one attached hydrogen (secondary N) is 2. The summed E-state index contributed by atoms with van der Waals surface area (Å²) in [6.07, 6.45) is 2.20. The molecule has 0 bridgehead atoms. The van der Waals surface area contributed by atoms with Gasteiger partial charge in [-0.15, -0.1) is 0 Å². The van der Waals surface area contributed by atoms with Gasteiger partial charge in [0, 0.05) is 38.5 Å². The monoisotopic (exact) mass is 283 g/mol. The molecule has 2 heterocycles. The summed E-state index contributed by atoms with van der Waals surface area (Å²) in [5.41, 5.74) is -0.0921. The van der Waals surface area contributed by atoms with E-state index in [9.17, 15) is 20.0 Å². The zero-order chi connectivity index (χ0) is 14.5. The Morgan fingerprint density at radius 2 is 2.45 bits per heavy atom. The molecule has 20 heavy (non-hydrogen) atoms. The minimum atomic E-state index is -0.530. The lowest BCUT2D eigenvalue weighted by molar-refractivity contribution is -0.385. The second kappa shape index (κ2) is 6.44. The van der Waals surface area contributed by atoms with E-state index in [1.54, 1.807) is 0 Å². The van der Waals surface area contributed by atoms with Crippen molar-refractivity contribution in [3.8, 4) is 0 Å². The third-order valence-electron chi connectivity index (χ3n) is 3.26. The van der Waals surface area contributed by atoms with Crippen molar-refractivity contribution >= 4 is 11.6 Å². The molecule has 0 aromatic carbocycles. The molecule has 2 unspecified atom stereocenters. The first-order chi connectivity index (χ1) is 9.56. The normalized spacial score (nSPS) is 21.9. The fourth-order valence-electron chi connectivity index (χ4n) is 2.05. The molecule has 0 aliphatic carbocycles. The number of aliphatic hydroxyl groups excluding tert-OH is 1. The highest BCUT2D eigenvalue weighted by atomic mass is 16.6. The molecule has 3 N–H and O–H groups in total. The van der Waals surface area contributed by atoms with Crippen LogP contribution >= 0.6 is 0 Å². The van der Waals surface area contributed by atoms with Crippen LogP contribution in [0.1, 0.15) is 6.42 Å². The third-order valence-corrected chi connectivity index (χ3v) is 3.26. The number of nitrogens with zero attached hydrogens (tertiary/aromatic N) is 3. The molecular formula is C11H17N5O4. The Labute approximate surface area is 115 Å². The van der Waals surface area contributed by atoms with Crippen molar-refractivity contribution in [2.45, 2.75) is 19.1 Å². The fraction of sp³-hybridized carbons (Fsp3) is 0.636. The minimum absolute atomic E-state index is 0.0322. The van der Waals surface area contributed by atoms with Gasteiger partial charge in [-0.1, -0.05) is 0 Å². The van der Waals surface area contributed by atoms with Gasteiger partial charge in [0.25, 0.3) is 0 Å². The molecule has 9 nitrogen and oxygen atoms in total. The van der Waals surface area contributed by atoms with Crippen LogP contribution in [-0.2, 0) is 11.3 Å². The summed E-state index contributed by atoms with van der Waals surface area (Å²) in [7, 11) is 0. The Bertz CT molecular complexity index is 489. The number of β-amino-alcohol motifs (C(OH)–C–C–N with tert-alkyl or cyclic N) is 1. The molecule has 2 rings (SSSR count). The van der Waals surface area contributed by atoms with Crippen LogP contribution in [0.25, 0.3) is 0 Å². The van der Waals surface area contributed by atoms with E-state index >= 15 is 0 Å². The lowest BCUT2D eigenvalue weighted by atomic mass is 10.1. The van der Waals surface area contributed by atoms with Gasteiger partial charge in [-0.3, -0.25) is 19.6 Å². The van der Waals surface area contributed by atoms with Gasteiger partial charge in [-0.05, 0) is 0 Å². The Morgan fingerprint density at radius 1 is 1.65 bits per heavy atom. The van der Waals surface area contributed by atoms with Crippen LogP contribution in [0.2, 0.25) is 0 Å². The number of aromatic nitrogens is 2. The van der Waals surface area contributed by atoms with E-state index in [1.807, 2.05) is 0 Å². The average Bonchev–Trinajstić information content (AvgIpc) is 3.03. The number of rotatable bonds is 6. The van der Waals surface area contributed by atoms with Crippen molar-refractivity contribution in [2.75, 3.05) is 19.6 Å². The largest absolute Gasteiger partial charge is 0.391 e. The quantitative estimate of drug-likeness (QED) is 0.449. The van der Waals surface area contributed by atoms with Crippen molar-refractivity contribution in [3.63, 3.8) is 0 Å². The number of hydrogen-bond donors (Lipinski definition) is 3. The molecule has 0 radical (unpaired) electrons. The highest BCUT2D eigenvalue weighted by Gasteiger charge is 2.24. The third kappa shape index (κ3) is 3.75. The van der Waals surface area contributed by atoms with E-state index in [0.717, 1.165) is 6.20 Å². The Morgan fingerprint density at radius 3 is 3.05 bits per heavy atom. The molecule has 1 aliphatic heterocycles. The van der Waals surface area contributed by atoms with Crippen molar-refractivity contribution in [2.24, 2.45) is 5.92 Å². The molecule has 1 fully saturated rings. The summed E-state index contributed by atoms with van der Waals surface area (Å²) in [4.78, 5) is 21.6. The number of aliphatic hydroxyl groups is 1. The summed E-state index contributed by atoms with van der Waals surface area (Å²) >= 11 is 0. The highest BCUT2D eigenvalue weighted by Crippen LogP contribution is 2.09. The summed E-state index contributed by atoms with van der Waals surface area (Å²) < 4.78 is 1.36. The van der Waals surface area contributed by atoms with Crippen molar-refractivity contribution in [1.29, 1.82) is 0 Å². The van der Waals surface area contributed by atoms with E-state index < -0.39 is 11.0 Å². The van der Waals surface area contributed by atoms with Gasteiger partial charge in [0.05, 0.1) is 11.0 Å². The van der Waals surface area contributed by atoms with Crippen LogP contribution in [0.5, 0.6) is 0 Å². The highest BCUT2D eigenvalue weighted by molar-refractivity contribution is 5.75. The second-order valence-electron chi connectivity index (χ2n) is 4.76. The second-order valence-corrected chi connectivity index (χ2v) is 4.76. The van der Waals surface area contributed by atoms with E-state index in [2.05, 4.69) is 15.7 Å². The Balaban J connectivity index is 1.70. The molecule has 1 amide bonds. The van der Waals surface area contributed by atoms with Crippen LogP contribution < -0.4 is 10.6 Å². The summed E-state index contributed by atoms with van der Waals surface area (Å²) in [6.45, 7) is 1.95. The average molecular weight is 283 g/mol. The number of nitro groups is 1. The van der Waals surface area contributed by atoms with E-state index in [-0.39, 0.29) is 30.5 Å². The van der Waals surface area contributed by atoms with Crippen LogP contribution in [0.3, 0.4) is 0 Å². The van der Waals surface area contributed by atoms with E-state index in [0.29, 0.717) is 19.6 Å². The maximum absolute atomic E-state index is 11.6. The first-order valence-corrected chi connectivity index (χ1v) is 6.38. The standard InChI is InChI=1S/C11H17N5O4/c17-10-6-12-3-8(10)4-13-11(18)1-2-15-7-9(5-14-15)16(19)20/h5,7-8,10,12,17H,1-4,6H2,(H,13,18). The van der Waals surface area contributed by atoms with Gasteiger partial charge in [0.15, 0.2) is 0 Å². The lowest BCUT2D eigenvalue weighted by Gasteiger charge is -2.13. The summed E-state index contributed by atoms with van der Waals surface area (Å²) in [6, 6.07) is 0. The SMILES string of the molecule is O=C(CCn1cc([N+](=O)[O-])cn1)NCC1CNCC1O. The smallest absolute Gasteiger partial charge is 0.306 e. The maximum atomic E-state index is 11.6. The number of amides is 1. The topological polar surface area (TPSA) is 122 Å². The summed E-state index contributed by atoms with van der Waals surface area (Å²) in [5.74, 6) is -0.132. The number of aryl methyl sites for hydroxylation is 1. The maximum Gasteiger partial charge on any atom is 0.306 e. The molecule has 1 aromatic heterocycles. The van der Waals surface area contributed by atoms with Crippen molar-refractivity contribution in [1.82, 2.24) is 20.4 Å². The molecule has 2 atom stereocenters. The van der Waals surface area contributed by atoms with Crippen molar-refractivity contribution in [3.05, 3.63) is 22.5 Å².